The van der Waals surface area contributed by atoms with Crippen LogP contribution in [0, 0.1) is 18.2 Å². The number of methoxy groups -OCH3 is 1. The predicted octanol–water partition coefficient (Wildman–Crippen LogP) is 6.39. The smallest absolute Gasteiger partial charge is 0.311 e. The lowest BCUT2D eigenvalue weighted by atomic mass is 9.34. The highest BCUT2D eigenvalue weighted by molar-refractivity contribution is 6.30. The zero-order valence-corrected chi connectivity index (χ0v) is 26.8. The van der Waals surface area contributed by atoms with Crippen molar-refractivity contribution in [1.29, 1.82) is 0 Å². The molecule has 0 N–H and O–H groups in total. The first-order valence-electron chi connectivity index (χ1n) is 16.1. The molecule has 6 aliphatic rings. The number of imidazole rings is 1. The molecule has 3 aliphatic heterocycles. The second-order valence-electron chi connectivity index (χ2n) is 13.9. The molecule has 10 heteroatoms. The number of ether oxygens (including phenoxy) is 4. The first-order valence-corrected chi connectivity index (χ1v) is 16.5. The number of hydrogen-bond acceptors (Lipinski definition) is 7. The maximum atomic E-state index is 14.9. The Kier molecular flexibility index (Phi) is 6.79. The van der Waals surface area contributed by atoms with E-state index in [0.717, 1.165) is 88.4 Å². The molecule has 2 aromatic carbocycles. The van der Waals surface area contributed by atoms with Crippen LogP contribution in [-0.2, 0) is 38.6 Å². The largest absolute Gasteiger partial charge is 0.469 e. The molecule has 1 aromatic heterocycles. The van der Waals surface area contributed by atoms with Gasteiger partial charge in [0.2, 0.25) is 0 Å². The molecule has 0 unspecified atom stereocenters. The average Bonchev–Trinajstić information content (AvgIpc) is 3.45. The van der Waals surface area contributed by atoms with Gasteiger partial charge in [0.25, 0.3) is 5.79 Å². The summed E-state index contributed by atoms with van der Waals surface area (Å²) in [5, 5.41) is 0.333. The van der Waals surface area contributed by atoms with E-state index in [1.165, 1.54) is 18.9 Å². The fourth-order valence-corrected chi connectivity index (χ4v) is 8.92. The molecule has 2 bridgehead atoms. The number of likely N-dealkylation sites (tertiary alicyclic amines) is 1. The number of aryl methyl sites for hydroxylation is 1. The Morgan fingerprint density at radius 2 is 1.89 bits per heavy atom. The summed E-state index contributed by atoms with van der Waals surface area (Å²) in [5.74, 6) is 0.942. The Morgan fingerprint density at radius 1 is 1.13 bits per heavy atom. The van der Waals surface area contributed by atoms with Crippen LogP contribution in [0.5, 0.6) is 11.5 Å². The molecule has 0 amide bonds. The van der Waals surface area contributed by atoms with Gasteiger partial charge in [0.15, 0.2) is 11.5 Å². The van der Waals surface area contributed by atoms with Gasteiger partial charge in [-0.05, 0) is 88.7 Å². The molecule has 2 atom stereocenters. The van der Waals surface area contributed by atoms with Crippen molar-refractivity contribution in [3.05, 3.63) is 75.6 Å². The van der Waals surface area contributed by atoms with Gasteiger partial charge in [-0.1, -0.05) is 23.7 Å². The zero-order chi connectivity index (χ0) is 31.1. The van der Waals surface area contributed by atoms with Crippen LogP contribution < -0.4 is 9.47 Å². The fourth-order valence-electron chi connectivity index (χ4n) is 8.76. The second-order valence-corrected chi connectivity index (χ2v) is 14.4. The van der Waals surface area contributed by atoms with Crippen molar-refractivity contribution in [2.24, 2.45) is 5.41 Å². The third kappa shape index (κ3) is 4.60. The van der Waals surface area contributed by atoms with E-state index in [1.807, 2.05) is 12.1 Å². The number of aromatic nitrogens is 2. The molecule has 5 fully saturated rings. The number of fused-ring (bicyclic) bond motifs is 1. The topological polar surface area (TPSA) is 75.0 Å². The van der Waals surface area contributed by atoms with Gasteiger partial charge in [0.1, 0.15) is 11.6 Å². The maximum absolute atomic E-state index is 14.9. The van der Waals surface area contributed by atoms with Crippen LogP contribution >= 0.6 is 11.6 Å². The Morgan fingerprint density at radius 3 is 2.56 bits per heavy atom. The van der Waals surface area contributed by atoms with Crippen molar-refractivity contribution in [2.45, 2.75) is 88.7 Å². The number of para-hydroxylation sites is 1. The summed E-state index contributed by atoms with van der Waals surface area (Å²) in [4.78, 5) is 20.0. The van der Waals surface area contributed by atoms with Crippen molar-refractivity contribution in [1.82, 2.24) is 14.5 Å². The van der Waals surface area contributed by atoms with Crippen LogP contribution in [0.2, 0.25) is 5.02 Å². The Bertz CT molecular complexity index is 1660. The van der Waals surface area contributed by atoms with Gasteiger partial charge in [-0.3, -0.25) is 9.69 Å². The molecule has 238 valence electrons. The summed E-state index contributed by atoms with van der Waals surface area (Å²) in [6.07, 6.45) is 5.78. The van der Waals surface area contributed by atoms with E-state index in [9.17, 15) is 9.18 Å². The van der Waals surface area contributed by atoms with E-state index in [4.69, 9.17) is 35.5 Å². The van der Waals surface area contributed by atoms with Crippen LogP contribution in [0.25, 0.3) is 0 Å². The van der Waals surface area contributed by atoms with Gasteiger partial charge in [0.05, 0.1) is 43.0 Å². The van der Waals surface area contributed by atoms with Gasteiger partial charge in [0, 0.05) is 35.2 Å². The van der Waals surface area contributed by atoms with Crippen LogP contribution in [0.1, 0.15) is 79.7 Å². The molecule has 2 saturated heterocycles. The molecule has 3 aliphatic carbocycles. The quantitative estimate of drug-likeness (QED) is 0.266. The number of hydrogen-bond donors (Lipinski definition) is 0. The molecule has 4 heterocycles. The van der Waals surface area contributed by atoms with Crippen molar-refractivity contribution < 1.29 is 28.1 Å². The fraction of sp³-hybridized carbons (Fsp3) is 0.543. The normalized spacial score (nSPS) is 30.4. The lowest BCUT2D eigenvalue weighted by molar-refractivity contribution is -0.199. The van der Waals surface area contributed by atoms with Crippen LogP contribution in [0.4, 0.5) is 4.39 Å². The molecular weight excluding hydrogens is 597 g/mol. The third-order valence-electron chi connectivity index (χ3n) is 11.0. The summed E-state index contributed by atoms with van der Waals surface area (Å²) in [5.41, 5.74) is 3.54. The number of carbonyl (C=O) groups is 1. The number of piperidine rings is 1. The summed E-state index contributed by atoms with van der Waals surface area (Å²) >= 11 is 6.00. The number of nitrogens with zero attached hydrogens (tertiary/aromatic N) is 3. The lowest BCUT2D eigenvalue weighted by Crippen LogP contribution is -2.69. The first kappa shape index (κ1) is 29.3. The number of esters is 1. The van der Waals surface area contributed by atoms with Crippen LogP contribution in [0.15, 0.2) is 36.4 Å². The van der Waals surface area contributed by atoms with Gasteiger partial charge in [-0.25, -0.2) is 9.37 Å². The minimum Gasteiger partial charge on any atom is -0.469 e. The van der Waals surface area contributed by atoms with E-state index in [0.29, 0.717) is 28.0 Å². The van der Waals surface area contributed by atoms with E-state index < -0.39 is 11.6 Å². The van der Waals surface area contributed by atoms with Crippen molar-refractivity contribution in [2.75, 3.05) is 26.8 Å². The van der Waals surface area contributed by atoms with Crippen molar-refractivity contribution >= 4 is 17.6 Å². The summed E-state index contributed by atoms with van der Waals surface area (Å²) in [7, 11) is 1.49. The summed E-state index contributed by atoms with van der Waals surface area (Å²) < 4.78 is 40.9. The van der Waals surface area contributed by atoms with Crippen molar-refractivity contribution in [3.63, 3.8) is 0 Å². The first-order chi connectivity index (χ1) is 21.6. The van der Waals surface area contributed by atoms with Crippen LogP contribution in [-0.4, -0.2) is 53.3 Å². The Balaban J connectivity index is 0.974. The average molecular weight is 636 g/mol. The van der Waals surface area contributed by atoms with E-state index in [2.05, 4.69) is 22.5 Å². The Hall–Kier alpha value is -3.14. The predicted molar refractivity (Wildman–Crippen MR) is 165 cm³/mol. The molecule has 0 radical (unpaired) electrons. The summed E-state index contributed by atoms with van der Waals surface area (Å²) in [6.45, 7) is 8.14. The third-order valence-corrected chi connectivity index (χ3v) is 11.2. The highest BCUT2D eigenvalue weighted by Crippen LogP contribution is 2.74. The number of rotatable bonds is 8. The molecule has 8 nitrogen and oxygen atoms in total. The van der Waals surface area contributed by atoms with E-state index in [-0.39, 0.29) is 22.9 Å². The highest BCUT2D eigenvalue weighted by Gasteiger charge is 2.74. The molecule has 9 rings (SSSR count). The lowest BCUT2D eigenvalue weighted by Gasteiger charge is -2.68. The van der Waals surface area contributed by atoms with Gasteiger partial charge in [-0.2, -0.15) is 0 Å². The number of carbonyl (C=O) groups excluding carboxylic acids is 1. The maximum Gasteiger partial charge on any atom is 0.311 e. The van der Waals surface area contributed by atoms with Gasteiger partial charge < -0.3 is 23.5 Å². The van der Waals surface area contributed by atoms with Gasteiger partial charge in [-0.15, -0.1) is 0 Å². The number of halogens is 2. The minimum atomic E-state index is -1.26. The molecule has 3 aromatic rings. The monoisotopic (exact) mass is 635 g/mol. The zero-order valence-electron chi connectivity index (χ0n) is 26.0. The van der Waals surface area contributed by atoms with Crippen molar-refractivity contribution in [3.8, 4) is 11.5 Å². The molecule has 45 heavy (non-hydrogen) atoms. The SMILES string of the molecule is COC(=O)C12CC(c3c(C)nc(CN4CCC(c5cccc6c5O[C@@](C)(c5ccc(Cl)cc5F)O6)CC4)n3C[C@@H]3CCO3)(C1)C2. The summed E-state index contributed by atoms with van der Waals surface area (Å²) in [6, 6.07) is 10.6. The van der Waals surface area contributed by atoms with Gasteiger partial charge >= 0.3 is 5.97 Å². The van der Waals surface area contributed by atoms with E-state index >= 15 is 0 Å². The minimum absolute atomic E-state index is 0.0272. The molecule has 3 saturated carbocycles. The second kappa shape index (κ2) is 10.4. The Labute approximate surface area is 267 Å². The highest BCUT2D eigenvalue weighted by atomic mass is 35.5. The molecule has 0 spiro atoms. The van der Waals surface area contributed by atoms with Crippen LogP contribution in [0.3, 0.4) is 0 Å². The van der Waals surface area contributed by atoms with E-state index in [1.54, 1.807) is 19.1 Å². The molecular formula is C35H39ClFN3O5. The standard InChI is InChI=1S/C35H39ClFN3O5/c1-21-31(34-18-35(19-34,20-34)32(41)42-3)40(16-24-11-14-43-24)29(38-21)17-39-12-9-22(10-13-39)25-5-4-6-28-30(25)45-33(2,44-28)26-8-7-23(36)15-27(26)37/h4-8,15,22,24H,9-14,16-20H2,1-3H3/t24-,33-,34?,35?/m0/s1. The number of benzene rings is 2.